The normalized spacial score (nSPS) is 21.2. The number of carbonyl (C=O) groups excluding carboxylic acids is 2. The van der Waals surface area contributed by atoms with Gasteiger partial charge in [0.05, 0.1) is 6.61 Å². The lowest BCUT2D eigenvalue weighted by Gasteiger charge is -2.17. The zero-order valence-corrected chi connectivity index (χ0v) is 13.0. The molecule has 1 unspecified atom stereocenters. The van der Waals surface area contributed by atoms with E-state index in [0.717, 1.165) is 5.69 Å². The van der Waals surface area contributed by atoms with E-state index in [2.05, 4.69) is 5.32 Å². The first-order valence-electron chi connectivity index (χ1n) is 7.57. The van der Waals surface area contributed by atoms with Crippen LogP contribution in [0.15, 0.2) is 24.3 Å². The highest BCUT2D eigenvalue weighted by atomic mass is 35.5. The van der Waals surface area contributed by atoms with Crippen molar-refractivity contribution in [2.75, 3.05) is 24.7 Å². The van der Waals surface area contributed by atoms with Crippen LogP contribution in [0, 0.1) is 5.92 Å². The second-order valence-electron chi connectivity index (χ2n) is 5.84. The number of amides is 2. The predicted molar refractivity (Wildman–Crippen MR) is 83.9 cm³/mol. The molecule has 1 saturated heterocycles. The summed E-state index contributed by atoms with van der Waals surface area (Å²) in [5.41, 5.74) is 0.763. The zero-order valence-electron chi connectivity index (χ0n) is 12.3. The third-order valence-electron chi connectivity index (χ3n) is 3.94. The molecule has 0 spiro atoms. The Morgan fingerprint density at radius 1 is 1.36 bits per heavy atom. The van der Waals surface area contributed by atoms with Crippen molar-refractivity contribution in [1.29, 1.82) is 0 Å². The Labute approximate surface area is 134 Å². The maximum Gasteiger partial charge on any atom is 0.249 e. The summed E-state index contributed by atoms with van der Waals surface area (Å²) >= 11 is 5.96. The quantitative estimate of drug-likeness (QED) is 0.871. The van der Waals surface area contributed by atoms with Gasteiger partial charge >= 0.3 is 0 Å². The van der Waals surface area contributed by atoms with Crippen molar-refractivity contribution in [2.45, 2.75) is 25.3 Å². The molecule has 6 heteroatoms. The Bertz CT molecular complexity index is 574. The second kappa shape index (κ2) is 6.67. The van der Waals surface area contributed by atoms with Crippen LogP contribution in [0.25, 0.3) is 0 Å². The average molecular weight is 323 g/mol. The van der Waals surface area contributed by atoms with Gasteiger partial charge in [-0.15, -0.1) is 0 Å². The van der Waals surface area contributed by atoms with Crippen molar-refractivity contribution in [1.82, 2.24) is 5.32 Å². The third kappa shape index (κ3) is 3.78. The number of anilines is 1. The molecule has 1 heterocycles. The van der Waals surface area contributed by atoms with Crippen LogP contribution < -0.4 is 10.2 Å². The van der Waals surface area contributed by atoms with E-state index >= 15 is 0 Å². The Morgan fingerprint density at radius 3 is 2.91 bits per heavy atom. The topological polar surface area (TPSA) is 58.6 Å². The number of hydrogen-bond acceptors (Lipinski definition) is 3. The fraction of sp³-hybridized carbons (Fsp3) is 0.500. The van der Waals surface area contributed by atoms with Gasteiger partial charge < -0.3 is 15.0 Å². The highest BCUT2D eigenvalue weighted by Crippen LogP contribution is 2.28. The summed E-state index contributed by atoms with van der Waals surface area (Å²) in [5.74, 6) is 0.295. The molecule has 2 aliphatic rings. The standard InChI is InChI=1S/C16H19ClN2O3/c17-12-2-1-3-13(8-12)19-7-6-14(16(19)21)18-15(20)10-22-9-11-4-5-11/h1-3,8,11,14H,4-7,9-10H2,(H,18,20). The van der Waals surface area contributed by atoms with Crippen LogP contribution >= 0.6 is 11.6 Å². The van der Waals surface area contributed by atoms with Gasteiger partial charge in [-0.05, 0) is 43.4 Å². The van der Waals surface area contributed by atoms with Crippen LogP contribution in [-0.2, 0) is 14.3 Å². The molecular weight excluding hydrogens is 304 g/mol. The molecule has 1 saturated carbocycles. The van der Waals surface area contributed by atoms with Crippen molar-refractivity contribution in [2.24, 2.45) is 5.92 Å². The molecule has 1 aromatic carbocycles. The monoisotopic (exact) mass is 322 g/mol. The summed E-state index contributed by atoms with van der Waals surface area (Å²) in [6, 6.07) is 6.69. The van der Waals surface area contributed by atoms with Crippen LogP contribution in [0.4, 0.5) is 5.69 Å². The Hall–Kier alpha value is -1.59. The van der Waals surface area contributed by atoms with Crippen molar-refractivity contribution >= 4 is 29.1 Å². The summed E-state index contributed by atoms with van der Waals surface area (Å²) in [6.07, 6.45) is 2.98. The lowest BCUT2D eigenvalue weighted by Crippen LogP contribution is -2.43. The molecule has 5 nitrogen and oxygen atoms in total. The number of halogens is 1. The maximum atomic E-state index is 12.4. The Morgan fingerprint density at radius 2 is 2.18 bits per heavy atom. The predicted octanol–water partition coefficient (Wildman–Crippen LogP) is 1.99. The van der Waals surface area contributed by atoms with Gasteiger partial charge in [0, 0.05) is 17.3 Å². The molecule has 1 N–H and O–H groups in total. The minimum atomic E-state index is -0.476. The fourth-order valence-electron chi connectivity index (χ4n) is 2.55. The van der Waals surface area contributed by atoms with Crippen molar-refractivity contribution in [3.63, 3.8) is 0 Å². The van der Waals surface area contributed by atoms with Gasteiger partial charge in [-0.3, -0.25) is 9.59 Å². The van der Waals surface area contributed by atoms with E-state index in [-0.39, 0.29) is 18.4 Å². The maximum absolute atomic E-state index is 12.4. The van der Waals surface area contributed by atoms with Gasteiger partial charge in [-0.25, -0.2) is 0 Å². The van der Waals surface area contributed by atoms with Crippen LogP contribution in [0.1, 0.15) is 19.3 Å². The molecule has 1 aliphatic carbocycles. The SMILES string of the molecule is O=C(COCC1CC1)NC1CCN(c2cccc(Cl)c2)C1=O. The first kappa shape index (κ1) is 15.3. The number of nitrogens with zero attached hydrogens (tertiary/aromatic N) is 1. The fourth-order valence-corrected chi connectivity index (χ4v) is 2.74. The van der Waals surface area contributed by atoms with Crippen molar-refractivity contribution in [3.05, 3.63) is 29.3 Å². The van der Waals surface area contributed by atoms with E-state index in [1.165, 1.54) is 12.8 Å². The molecule has 3 rings (SSSR count). The van der Waals surface area contributed by atoms with Crippen LogP contribution in [0.2, 0.25) is 5.02 Å². The summed E-state index contributed by atoms with van der Waals surface area (Å²) < 4.78 is 5.34. The first-order valence-corrected chi connectivity index (χ1v) is 7.95. The number of rotatable bonds is 6. The highest BCUT2D eigenvalue weighted by molar-refractivity contribution is 6.31. The number of benzene rings is 1. The minimum absolute atomic E-state index is 0.0252. The minimum Gasteiger partial charge on any atom is -0.371 e. The van der Waals surface area contributed by atoms with E-state index in [4.69, 9.17) is 16.3 Å². The van der Waals surface area contributed by atoms with E-state index in [1.807, 2.05) is 12.1 Å². The van der Waals surface area contributed by atoms with E-state index in [0.29, 0.717) is 30.5 Å². The van der Waals surface area contributed by atoms with Crippen molar-refractivity contribution < 1.29 is 14.3 Å². The Balaban J connectivity index is 1.50. The molecule has 0 bridgehead atoms. The highest BCUT2D eigenvalue weighted by Gasteiger charge is 2.33. The molecule has 22 heavy (non-hydrogen) atoms. The van der Waals surface area contributed by atoms with Crippen LogP contribution in [-0.4, -0.2) is 37.6 Å². The molecule has 2 fully saturated rings. The molecule has 1 atom stereocenters. The van der Waals surface area contributed by atoms with E-state index in [9.17, 15) is 9.59 Å². The summed E-state index contributed by atoms with van der Waals surface area (Å²) in [6.45, 7) is 1.24. The lowest BCUT2D eigenvalue weighted by atomic mass is 10.2. The van der Waals surface area contributed by atoms with Gasteiger partial charge in [-0.2, -0.15) is 0 Å². The van der Waals surface area contributed by atoms with Gasteiger partial charge in [0.25, 0.3) is 0 Å². The molecule has 2 amide bonds. The van der Waals surface area contributed by atoms with Gasteiger partial charge in [0.1, 0.15) is 12.6 Å². The van der Waals surface area contributed by atoms with Crippen LogP contribution in [0.3, 0.4) is 0 Å². The Kier molecular flexibility index (Phi) is 4.64. The van der Waals surface area contributed by atoms with Gasteiger partial charge in [0.15, 0.2) is 0 Å². The number of nitrogens with one attached hydrogen (secondary N) is 1. The summed E-state index contributed by atoms with van der Waals surface area (Å²) in [7, 11) is 0. The number of carbonyl (C=O) groups is 2. The lowest BCUT2D eigenvalue weighted by molar-refractivity contribution is -0.129. The molecule has 1 aromatic rings. The summed E-state index contributed by atoms with van der Waals surface area (Å²) in [5, 5.41) is 3.34. The van der Waals surface area contributed by atoms with E-state index in [1.54, 1.807) is 17.0 Å². The smallest absolute Gasteiger partial charge is 0.249 e. The molecule has 1 aliphatic heterocycles. The number of ether oxygens (including phenoxy) is 1. The van der Waals surface area contributed by atoms with Crippen LogP contribution in [0.5, 0.6) is 0 Å². The first-order chi connectivity index (χ1) is 10.6. The molecule has 0 radical (unpaired) electrons. The molecule has 0 aromatic heterocycles. The van der Waals surface area contributed by atoms with Crippen molar-refractivity contribution in [3.8, 4) is 0 Å². The second-order valence-corrected chi connectivity index (χ2v) is 6.27. The average Bonchev–Trinajstić information content (AvgIpc) is 3.24. The van der Waals surface area contributed by atoms with E-state index < -0.39 is 6.04 Å². The largest absolute Gasteiger partial charge is 0.371 e. The summed E-state index contributed by atoms with van der Waals surface area (Å²) in [4.78, 5) is 25.8. The van der Waals surface area contributed by atoms with Gasteiger partial charge in [0.2, 0.25) is 11.8 Å². The zero-order chi connectivity index (χ0) is 15.5. The molecule has 118 valence electrons. The molecular formula is C16H19ClN2O3. The van der Waals surface area contributed by atoms with Gasteiger partial charge in [-0.1, -0.05) is 17.7 Å². The number of hydrogen-bond donors (Lipinski definition) is 1. The third-order valence-corrected chi connectivity index (χ3v) is 4.18.